The van der Waals surface area contributed by atoms with E-state index in [2.05, 4.69) is 0 Å². The molecular weight excluding hydrogens is 537 g/mol. The lowest BCUT2D eigenvalue weighted by molar-refractivity contribution is -0.395. The Bertz CT molecular complexity index is 1660. The summed E-state index contributed by atoms with van der Waals surface area (Å²) in [5.41, 5.74) is -4.67. The van der Waals surface area contributed by atoms with Gasteiger partial charge in [-0.05, 0) is 36.8 Å². The van der Waals surface area contributed by atoms with Crippen molar-refractivity contribution in [2.24, 2.45) is 0 Å². The largest absolute Gasteiger partial charge is 0.450 e. The highest BCUT2D eigenvalue weighted by atomic mass is 35.5. The number of ether oxygens (including phenoxy) is 1. The number of carbonyl (C=O) groups excluding carboxylic acids is 1. The number of nitro groups is 2. The van der Waals surface area contributed by atoms with Gasteiger partial charge in [0.25, 0.3) is 11.4 Å². The lowest BCUT2D eigenvalue weighted by Gasteiger charge is -2.13. The molecule has 4 aromatic rings. The molecule has 38 heavy (non-hydrogen) atoms. The number of hydrogen-bond donors (Lipinski definition) is 0. The molecule has 3 aromatic carbocycles. The molecule has 0 saturated heterocycles. The Hall–Kier alpha value is -4.78. The fraction of sp³-hybridized carbons (Fsp3) is 0.0833. The summed E-state index contributed by atoms with van der Waals surface area (Å²) in [5, 5.41) is 22.5. The van der Waals surface area contributed by atoms with Crippen molar-refractivity contribution in [3.8, 4) is 16.9 Å². The number of benzene rings is 3. The number of carbonyl (C=O) groups is 1. The highest BCUT2D eigenvalue weighted by Gasteiger charge is 2.39. The number of alkyl halides is 3. The molecule has 14 heteroatoms. The van der Waals surface area contributed by atoms with Gasteiger partial charge in [-0.1, -0.05) is 23.7 Å². The summed E-state index contributed by atoms with van der Waals surface area (Å²) < 4.78 is 51.6. The van der Waals surface area contributed by atoms with Gasteiger partial charge in [-0.3, -0.25) is 25.0 Å². The maximum Gasteiger partial charge on any atom is 0.450 e. The number of rotatable bonds is 5. The first-order chi connectivity index (χ1) is 17.8. The van der Waals surface area contributed by atoms with Crippen LogP contribution in [0.5, 0.6) is 5.75 Å². The number of esters is 1. The summed E-state index contributed by atoms with van der Waals surface area (Å²) in [7, 11) is 0. The van der Waals surface area contributed by atoms with Crippen LogP contribution in [0.25, 0.3) is 22.1 Å². The van der Waals surface area contributed by atoms with E-state index in [-0.39, 0.29) is 27.3 Å². The van der Waals surface area contributed by atoms with Gasteiger partial charge in [0.1, 0.15) is 16.9 Å². The minimum Gasteiger partial charge on any atom is -0.450 e. The Morgan fingerprint density at radius 2 is 1.55 bits per heavy atom. The van der Waals surface area contributed by atoms with Gasteiger partial charge in [0, 0.05) is 23.2 Å². The van der Waals surface area contributed by atoms with Gasteiger partial charge in [0.15, 0.2) is 0 Å². The number of nitro benzene ring substituents is 2. The smallest absolute Gasteiger partial charge is 0.450 e. The first-order valence-electron chi connectivity index (χ1n) is 10.4. The summed E-state index contributed by atoms with van der Waals surface area (Å²) in [6, 6.07) is 9.63. The standard InChI is InChI=1S/C24H12ClF3N2O8/c1-11-17(29(33)34)8-13(9-18(11)30(35)36)23(32)37-15-6-7-16-19(10-15)38-22(24(26,27)28)20(21(16)31)12-2-4-14(25)5-3-12/h2-10H,1H3. The third-order valence-corrected chi connectivity index (χ3v) is 5.70. The van der Waals surface area contributed by atoms with Crippen LogP contribution in [-0.4, -0.2) is 15.8 Å². The maximum absolute atomic E-state index is 13.8. The van der Waals surface area contributed by atoms with E-state index in [1.807, 2.05) is 0 Å². The maximum atomic E-state index is 13.8. The highest BCUT2D eigenvalue weighted by Crippen LogP contribution is 2.38. The molecule has 0 N–H and O–H groups in total. The van der Waals surface area contributed by atoms with Gasteiger partial charge < -0.3 is 9.15 Å². The number of hydrogen-bond acceptors (Lipinski definition) is 8. The molecule has 4 rings (SSSR count). The van der Waals surface area contributed by atoms with Gasteiger partial charge in [0.05, 0.1) is 26.4 Å². The quantitative estimate of drug-likeness (QED) is 0.119. The summed E-state index contributed by atoms with van der Waals surface area (Å²) in [6.45, 7) is 1.13. The van der Waals surface area contributed by atoms with E-state index in [1.165, 1.54) is 24.3 Å². The summed E-state index contributed by atoms with van der Waals surface area (Å²) in [4.78, 5) is 46.3. The van der Waals surface area contributed by atoms with Gasteiger partial charge in [-0.25, -0.2) is 4.79 Å². The molecule has 0 fully saturated rings. The fourth-order valence-electron chi connectivity index (χ4n) is 3.66. The molecule has 0 radical (unpaired) electrons. The van der Waals surface area contributed by atoms with E-state index in [0.29, 0.717) is 0 Å². The number of nitrogens with zero attached hydrogens (tertiary/aromatic N) is 2. The molecule has 0 spiro atoms. The van der Waals surface area contributed by atoms with Crippen molar-refractivity contribution in [1.82, 2.24) is 0 Å². The minimum atomic E-state index is -5.07. The Morgan fingerprint density at radius 1 is 0.974 bits per heavy atom. The van der Waals surface area contributed by atoms with E-state index in [1.54, 1.807) is 0 Å². The SMILES string of the molecule is Cc1c([N+](=O)[O-])cc(C(=O)Oc2ccc3c(=O)c(-c4ccc(Cl)cc4)c(C(F)(F)F)oc3c2)cc1[N+](=O)[O-]. The molecule has 0 aliphatic rings. The lowest BCUT2D eigenvalue weighted by atomic mass is 10.0. The van der Waals surface area contributed by atoms with Crippen molar-refractivity contribution in [3.63, 3.8) is 0 Å². The molecule has 1 heterocycles. The Kier molecular flexibility index (Phi) is 6.64. The van der Waals surface area contributed by atoms with Crippen LogP contribution in [0.1, 0.15) is 21.7 Å². The van der Waals surface area contributed by atoms with E-state index < -0.39 is 61.3 Å². The average Bonchev–Trinajstić information content (AvgIpc) is 2.83. The van der Waals surface area contributed by atoms with Crippen LogP contribution in [0.15, 0.2) is 63.8 Å². The van der Waals surface area contributed by atoms with Crippen LogP contribution in [0.2, 0.25) is 5.02 Å². The predicted molar refractivity (Wildman–Crippen MR) is 127 cm³/mol. The van der Waals surface area contributed by atoms with E-state index in [9.17, 15) is 43.0 Å². The molecule has 0 aliphatic carbocycles. The van der Waals surface area contributed by atoms with Crippen molar-refractivity contribution in [2.45, 2.75) is 13.1 Å². The third-order valence-electron chi connectivity index (χ3n) is 5.45. The Labute approximate surface area is 214 Å². The average molecular weight is 549 g/mol. The summed E-state index contributed by atoms with van der Waals surface area (Å²) in [6.07, 6.45) is -5.07. The lowest BCUT2D eigenvalue weighted by Crippen LogP contribution is -2.16. The Morgan fingerprint density at radius 3 is 2.08 bits per heavy atom. The third kappa shape index (κ3) is 4.91. The van der Waals surface area contributed by atoms with Crippen molar-refractivity contribution in [2.75, 3.05) is 0 Å². The van der Waals surface area contributed by atoms with Crippen molar-refractivity contribution in [3.05, 3.63) is 107 Å². The molecule has 10 nitrogen and oxygen atoms in total. The number of fused-ring (bicyclic) bond motifs is 1. The Balaban J connectivity index is 1.80. The van der Waals surface area contributed by atoms with Crippen LogP contribution in [0, 0.1) is 27.2 Å². The zero-order chi connectivity index (χ0) is 27.9. The molecule has 0 atom stereocenters. The molecule has 0 unspecified atom stereocenters. The van der Waals surface area contributed by atoms with Gasteiger partial charge in [-0.15, -0.1) is 0 Å². The number of halogens is 4. The zero-order valence-corrected chi connectivity index (χ0v) is 19.6. The van der Waals surface area contributed by atoms with Gasteiger partial charge in [-0.2, -0.15) is 13.2 Å². The van der Waals surface area contributed by atoms with Crippen LogP contribution in [-0.2, 0) is 6.18 Å². The normalized spacial score (nSPS) is 11.4. The van der Waals surface area contributed by atoms with Crippen LogP contribution >= 0.6 is 11.6 Å². The minimum absolute atomic E-state index is 0.0876. The molecule has 0 saturated carbocycles. The van der Waals surface area contributed by atoms with Gasteiger partial charge >= 0.3 is 12.1 Å². The highest BCUT2D eigenvalue weighted by molar-refractivity contribution is 6.30. The molecule has 0 amide bonds. The second-order valence-corrected chi connectivity index (χ2v) is 8.28. The van der Waals surface area contributed by atoms with Crippen LogP contribution in [0.4, 0.5) is 24.5 Å². The van der Waals surface area contributed by atoms with Crippen molar-refractivity contribution in [1.29, 1.82) is 0 Å². The van der Waals surface area contributed by atoms with Crippen molar-refractivity contribution < 1.29 is 37.0 Å². The molecule has 0 bridgehead atoms. The molecule has 0 aliphatic heterocycles. The van der Waals surface area contributed by atoms with E-state index in [0.717, 1.165) is 37.3 Å². The van der Waals surface area contributed by atoms with Crippen LogP contribution in [0.3, 0.4) is 0 Å². The summed E-state index contributed by atoms with van der Waals surface area (Å²) in [5.74, 6) is -3.25. The summed E-state index contributed by atoms with van der Waals surface area (Å²) >= 11 is 5.79. The second-order valence-electron chi connectivity index (χ2n) is 7.84. The zero-order valence-electron chi connectivity index (χ0n) is 18.9. The van der Waals surface area contributed by atoms with E-state index >= 15 is 0 Å². The molecule has 1 aromatic heterocycles. The molecule has 194 valence electrons. The fourth-order valence-corrected chi connectivity index (χ4v) is 3.79. The second kappa shape index (κ2) is 9.59. The first kappa shape index (κ1) is 26.3. The predicted octanol–water partition coefficient (Wildman–Crippen LogP) is 6.48. The monoisotopic (exact) mass is 548 g/mol. The van der Waals surface area contributed by atoms with E-state index in [4.69, 9.17) is 20.8 Å². The van der Waals surface area contributed by atoms with Crippen LogP contribution < -0.4 is 10.2 Å². The topological polar surface area (TPSA) is 143 Å². The first-order valence-corrected chi connectivity index (χ1v) is 10.8. The van der Waals surface area contributed by atoms with Gasteiger partial charge in [0.2, 0.25) is 11.2 Å². The van der Waals surface area contributed by atoms with Crippen molar-refractivity contribution >= 4 is 39.9 Å². The molecular formula is C24H12ClF3N2O8.